The van der Waals surface area contributed by atoms with E-state index in [1.165, 1.54) is 5.56 Å². The molecule has 28 heavy (non-hydrogen) atoms. The summed E-state index contributed by atoms with van der Waals surface area (Å²) in [4.78, 5) is 4.71. The SMILES string of the molecule is CC(C)[C@](C)(c1ccc(-c2ccc(N)nn2)cc1)c1ccc(C(C)(C)O)cn1. The number of pyridine rings is 1. The Morgan fingerprint density at radius 2 is 1.50 bits per heavy atom. The molecule has 0 spiro atoms. The number of nitrogen functional groups attached to an aromatic ring is 1. The van der Waals surface area contributed by atoms with Crippen LogP contribution in [0.15, 0.2) is 54.7 Å². The quantitative estimate of drug-likeness (QED) is 0.693. The average Bonchev–Trinajstić information content (AvgIpc) is 2.67. The fourth-order valence-electron chi connectivity index (χ4n) is 3.32. The lowest BCUT2D eigenvalue weighted by Gasteiger charge is -2.34. The topological polar surface area (TPSA) is 84.9 Å². The summed E-state index contributed by atoms with van der Waals surface area (Å²) in [5.41, 5.74) is 9.21. The van der Waals surface area contributed by atoms with Gasteiger partial charge >= 0.3 is 0 Å². The van der Waals surface area contributed by atoms with E-state index in [0.717, 1.165) is 22.5 Å². The molecule has 1 aromatic carbocycles. The zero-order valence-electron chi connectivity index (χ0n) is 17.1. The van der Waals surface area contributed by atoms with Crippen LogP contribution in [-0.4, -0.2) is 20.3 Å². The highest BCUT2D eigenvalue weighted by Crippen LogP contribution is 2.39. The van der Waals surface area contributed by atoms with E-state index in [-0.39, 0.29) is 5.41 Å². The first-order valence-corrected chi connectivity index (χ1v) is 9.52. The molecule has 3 rings (SSSR count). The lowest BCUT2D eigenvalue weighted by Crippen LogP contribution is -2.31. The summed E-state index contributed by atoms with van der Waals surface area (Å²) in [5.74, 6) is 0.739. The van der Waals surface area contributed by atoms with Crippen LogP contribution < -0.4 is 5.73 Å². The lowest BCUT2D eigenvalue weighted by molar-refractivity contribution is 0.0781. The van der Waals surface area contributed by atoms with Crippen molar-refractivity contribution in [2.45, 2.75) is 45.6 Å². The summed E-state index contributed by atoms with van der Waals surface area (Å²) in [7, 11) is 0. The third kappa shape index (κ3) is 3.76. The number of aromatic nitrogens is 3. The predicted octanol–water partition coefficient (Wildman–Crippen LogP) is 4.31. The normalized spacial score (nSPS) is 14.1. The highest BCUT2D eigenvalue weighted by atomic mass is 16.3. The number of rotatable bonds is 5. The predicted molar refractivity (Wildman–Crippen MR) is 113 cm³/mol. The van der Waals surface area contributed by atoms with Gasteiger partial charge in [0.25, 0.3) is 0 Å². The maximum absolute atomic E-state index is 10.2. The molecule has 2 heterocycles. The molecule has 3 N–H and O–H groups in total. The Morgan fingerprint density at radius 1 is 0.857 bits per heavy atom. The van der Waals surface area contributed by atoms with Gasteiger partial charge in [0, 0.05) is 22.7 Å². The molecule has 0 aliphatic heterocycles. The number of nitrogens with zero attached hydrogens (tertiary/aromatic N) is 3. The Bertz CT molecular complexity index is 926. The van der Waals surface area contributed by atoms with Crippen LogP contribution in [0.1, 0.15) is 51.4 Å². The van der Waals surface area contributed by atoms with Gasteiger partial charge in [0.2, 0.25) is 0 Å². The van der Waals surface area contributed by atoms with Crippen LogP contribution in [0.4, 0.5) is 5.82 Å². The van der Waals surface area contributed by atoms with Crippen molar-refractivity contribution in [1.29, 1.82) is 0 Å². The molecule has 0 fully saturated rings. The lowest BCUT2D eigenvalue weighted by atomic mass is 9.70. The first-order valence-electron chi connectivity index (χ1n) is 9.52. The van der Waals surface area contributed by atoms with Gasteiger partial charge in [-0.15, -0.1) is 10.2 Å². The Balaban J connectivity index is 1.98. The zero-order chi connectivity index (χ0) is 20.5. The van der Waals surface area contributed by atoms with Crippen LogP contribution >= 0.6 is 0 Å². The summed E-state index contributed by atoms with van der Waals surface area (Å²) >= 11 is 0. The maximum atomic E-state index is 10.2. The van der Waals surface area contributed by atoms with Crippen LogP contribution in [-0.2, 0) is 11.0 Å². The Kier molecular flexibility index (Phi) is 5.22. The minimum Gasteiger partial charge on any atom is -0.386 e. The van der Waals surface area contributed by atoms with E-state index in [9.17, 15) is 5.11 Å². The smallest absolute Gasteiger partial charge is 0.146 e. The van der Waals surface area contributed by atoms with Gasteiger partial charge in [-0.25, -0.2) is 0 Å². The molecule has 3 aromatic rings. The molecule has 0 unspecified atom stereocenters. The standard InChI is InChI=1S/C23H28N4O/c1-15(2)23(5,20-12-10-18(14-25-20)22(3,4)28)17-8-6-16(7-9-17)19-11-13-21(24)27-26-19/h6-15,28H,1-5H3,(H2,24,27)/t23-/m1/s1. The molecular formula is C23H28N4O. The molecule has 0 saturated heterocycles. The van der Waals surface area contributed by atoms with Crippen molar-refractivity contribution in [3.05, 3.63) is 71.5 Å². The van der Waals surface area contributed by atoms with Gasteiger partial charge in [0.05, 0.1) is 17.0 Å². The maximum Gasteiger partial charge on any atom is 0.146 e. The van der Waals surface area contributed by atoms with Gasteiger partial charge < -0.3 is 10.8 Å². The zero-order valence-corrected chi connectivity index (χ0v) is 17.1. The van der Waals surface area contributed by atoms with Crippen LogP contribution in [0.5, 0.6) is 0 Å². The third-order valence-electron chi connectivity index (χ3n) is 5.62. The number of aliphatic hydroxyl groups is 1. The Hall–Kier alpha value is -2.79. The van der Waals surface area contributed by atoms with E-state index < -0.39 is 5.60 Å². The van der Waals surface area contributed by atoms with Crippen molar-refractivity contribution >= 4 is 5.82 Å². The van der Waals surface area contributed by atoms with Gasteiger partial charge in [0.15, 0.2) is 0 Å². The molecular weight excluding hydrogens is 348 g/mol. The largest absolute Gasteiger partial charge is 0.386 e. The molecule has 0 radical (unpaired) electrons. The van der Waals surface area contributed by atoms with Gasteiger partial charge in [0.1, 0.15) is 5.82 Å². The minimum atomic E-state index is -0.901. The number of hydrogen-bond donors (Lipinski definition) is 2. The van der Waals surface area contributed by atoms with E-state index in [1.807, 2.05) is 18.2 Å². The number of nitrogens with two attached hydrogens (primary N) is 1. The molecule has 2 aromatic heterocycles. The first kappa shape index (κ1) is 20.0. The van der Waals surface area contributed by atoms with Crippen molar-refractivity contribution in [1.82, 2.24) is 15.2 Å². The number of anilines is 1. The van der Waals surface area contributed by atoms with Gasteiger partial charge in [-0.1, -0.05) is 44.2 Å². The number of hydrogen-bond acceptors (Lipinski definition) is 5. The van der Waals surface area contributed by atoms with Crippen molar-refractivity contribution < 1.29 is 5.11 Å². The highest BCUT2D eigenvalue weighted by molar-refractivity contribution is 5.60. The molecule has 5 nitrogen and oxygen atoms in total. The van der Waals surface area contributed by atoms with E-state index in [2.05, 4.69) is 55.2 Å². The highest BCUT2D eigenvalue weighted by Gasteiger charge is 2.34. The van der Waals surface area contributed by atoms with Crippen molar-refractivity contribution in [2.75, 3.05) is 5.73 Å². The Morgan fingerprint density at radius 3 is 1.96 bits per heavy atom. The van der Waals surface area contributed by atoms with Crippen LogP contribution in [0.25, 0.3) is 11.3 Å². The third-order valence-corrected chi connectivity index (χ3v) is 5.62. The van der Waals surface area contributed by atoms with Crippen molar-refractivity contribution in [3.63, 3.8) is 0 Å². The first-order chi connectivity index (χ1) is 13.1. The average molecular weight is 377 g/mol. The van der Waals surface area contributed by atoms with Crippen molar-refractivity contribution in [2.24, 2.45) is 5.92 Å². The molecule has 1 atom stereocenters. The van der Waals surface area contributed by atoms with Gasteiger partial charge in [-0.2, -0.15) is 0 Å². The minimum absolute atomic E-state index is 0.260. The van der Waals surface area contributed by atoms with E-state index in [0.29, 0.717) is 11.7 Å². The molecule has 0 saturated carbocycles. The van der Waals surface area contributed by atoms with Crippen molar-refractivity contribution in [3.8, 4) is 11.3 Å². The van der Waals surface area contributed by atoms with E-state index in [1.54, 1.807) is 26.1 Å². The summed E-state index contributed by atoms with van der Waals surface area (Å²) in [6, 6.07) is 16.0. The molecule has 5 heteroatoms. The second-order valence-corrected chi connectivity index (χ2v) is 8.27. The Labute approximate surface area is 166 Å². The monoisotopic (exact) mass is 376 g/mol. The molecule has 0 aliphatic rings. The van der Waals surface area contributed by atoms with Crippen LogP contribution in [0.2, 0.25) is 0 Å². The summed E-state index contributed by atoms with van der Waals surface area (Å²) in [6.45, 7) is 10.1. The number of benzene rings is 1. The fraction of sp³-hybridized carbons (Fsp3) is 0.348. The van der Waals surface area contributed by atoms with E-state index in [4.69, 9.17) is 10.7 Å². The summed E-state index contributed by atoms with van der Waals surface area (Å²) in [6.07, 6.45) is 1.77. The van der Waals surface area contributed by atoms with Gasteiger partial charge in [-0.05, 0) is 50.5 Å². The summed E-state index contributed by atoms with van der Waals surface area (Å²) in [5, 5.41) is 18.3. The second kappa shape index (κ2) is 7.32. The van der Waals surface area contributed by atoms with Crippen LogP contribution in [0.3, 0.4) is 0 Å². The van der Waals surface area contributed by atoms with E-state index >= 15 is 0 Å². The van der Waals surface area contributed by atoms with Gasteiger partial charge in [-0.3, -0.25) is 4.98 Å². The molecule has 0 amide bonds. The summed E-state index contributed by atoms with van der Waals surface area (Å²) < 4.78 is 0. The second-order valence-electron chi connectivity index (χ2n) is 8.27. The molecule has 146 valence electrons. The molecule has 0 aliphatic carbocycles. The van der Waals surface area contributed by atoms with Crippen LogP contribution in [0, 0.1) is 5.92 Å². The molecule has 0 bridgehead atoms. The fourth-order valence-corrected chi connectivity index (χ4v) is 3.32.